The molecule has 2 fully saturated rings. The minimum atomic E-state index is -5.01. The fraction of sp³-hybridized carbons (Fsp3) is 0.300. The Balaban J connectivity index is 0.745. The van der Waals surface area contributed by atoms with Crippen molar-refractivity contribution in [2.45, 2.75) is 51.6 Å². The van der Waals surface area contributed by atoms with Gasteiger partial charge in [-0.25, -0.2) is 24.2 Å². The van der Waals surface area contributed by atoms with Crippen LogP contribution in [0.2, 0.25) is 0 Å². The minimum absolute atomic E-state index is 0.0503. The molecule has 0 saturated carbocycles. The number of piperidine rings is 1. The number of nitrogens with zero attached hydrogens (tertiary/aromatic N) is 6. The molecule has 6 aromatic rings. The van der Waals surface area contributed by atoms with Crippen molar-refractivity contribution in [3.05, 3.63) is 111 Å². The molecular weight excluding hydrogens is 993 g/mol. The van der Waals surface area contributed by atoms with E-state index in [-0.39, 0.29) is 95.4 Å². The number of hydrogen-bond acceptors (Lipinski definition) is 14. The lowest BCUT2D eigenvalue weighted by Gasteiger charge is -2.34. The van der Waals surface area contributed by atoms with E-state index in [4.69, 9.17) is 14.2 Å². The van der Waals surface area contributed by atoms with Crippen LogP contribution in [0.25, 0.3) is 21.8 Å². The molecule has 0 aliphatic carbocycles. The Hall–Kier alpha value is -8.87. The first-order chi connectivity index (χ1) is 35.8. The lowest BCUT2D eigenvalue weighted by molar-refractivity contribution is -0.274. The molecule has 21 nitrogen and oxygen atoms in total. The van der Waals surface area contributed by atoms with Crippen LogP contribution >= 0.6 is 0 Å². The summed E-state index contributed by atoms with van der Waals surface area (Å²) in [7, 11) is 2.95. The highest BCUT2D eigenvalue weighted by Gasteiger charge is 2.39. The summed E-state index contributed by atoms with van der Waals surface area (Å²) in [6, 6.07) is 13.4. The van der Waals surface area contributed by atoms with Crippen molar-refractivity contribution in [2.24, 2.45) is 7.05 Å². The maximum Gasteiger partial charge on any atom is 0.573 e. The Bertz CT molecular complexity index is 3380. The first-order valence-electron chi connectivity index (χ1n) is 23.4. The summed E-state index contributed by atoms with van der Waals surface area (Å²) in [6.45, 7) is 3.23. The molecule has 25 heteroatoms. The molecule has 5 heterocycles. The Labute approximate surface area is 422 Å². The zero-order valence-electron chi connectivity index (χ0n) is 40.3. The van der Waals surface area contributed by atoms with Gasteiger partial charge in [0.15, 0.2) is 23.1 Å². The van der Waals surface area contributed by atoms with Crippen LogP contribution in [0.4, 0.5) is 33.7 Å². The van der Waals surface area contributed by atoms with Crippen molar-refractivity contribution >= 4 is 68.7 Å². The number of hydrazine groups is 1. The highest BCUT2D eigenvalue weighted by Crippen LogP contribution is 2.37. The first-order valence-corrected chi connectivity index (χ1v) is 23.4. The van der Waals surface area contributed by atoms with Gasteiger partial charge in [-0.15, -0.1) is 13.2 Å². The standard InChI is InChI=1S/C50H46F4N10O11/c1-26-43(44(67)33-21-30(75-50(52,53)54)8-10-36(33)61(26)2)46(69)57-29-7-12-38(34(51)20-29)74-47-32-22-39(72-3)40(23-35(32)55-25-56-47)73-18-4-5-42(66)62-14-16-63(17-15-62)60-49(71)58-28-6-9-31-27(19-28)24-64(48(31)70)37-11-13-41(65)59-45(37)68/h6-10,12,19-23,25,37H,4-5,11,13-18,24H2,1-3H3,(H,57,69)(H2,58,60,71)(H,59,65,68). The molecule has 1 unspecified atom stereocenters. The van der Waals surface area contributed by atoms with Crippen LogP contribution in [0.3, 0.4) is 0 Å². The maximum atomic E-state index is 15.6. The van der Waals surface area contributed by atoms with Crippen LogP contribution in [0.5, 0.6) is 28.9 Å². The zero-order valence-corrected chi connectivity index (χ0v) is 40.3. The van der Waals surface area contributed by atoms with Gasteiger partial charge >= 0.3 is 12.4 Å². The number of nitrogens with one attached hydrogen (secondary N) is 4. The molecule has 390 valence electrons. The number of benzene rings is 4. The normalized spacial score (nSPS) is 15.9. The second-order valence-electron chi connectivity index (χ2n) is 17.6. The Morgan fingerprint density at radius 1 is 0.867 bits per heavy atom. The summed E-state index contributed by atoms with van der Waals surface area (Å²) in [5.74, 6) is -3.56. The highest BCUT2D eigenvalue weighted by molar-refractivity contribution is 6.07. The van der Waals surface area contributed by atoms with Gasteiger partial charge in [-0.1, -0.05) is 0 Å². The van der Waals surface area contributed by atoms with E-state index in [0.29, 0.717) is 66.1 Å². The number of hydrogen-bond donors (Lipinski definition) is 4. The molecule has 2 saturated heterocycles. The van der Waals surface area contributed by atoms with Crippen LogP contribution in [-0.4, -0.2) is 117 Å². The number of piperazine rings is 1. The van der Waals surface area contributed by atoms with E-state index in [0.717, 1.165) is 18.2 Å². The van der Waals surface area contributed by atoms with Gasteiger partial charge in [0, 0.05) is 87.4 Å². The molecular formula is C50H46F4N10O11. The van der Waals surface area contributed by atoms with E-state index >= 15 is 4.39 Å². The fourth-order valence-electron chi connectivity index (χ4n) is 9.04. The number of imide groups is 1. The van der Waals surface area contributed by atoms with Gasteiger partial charge in [-0.2, -0.15) is 0 Å². The van der Waals surface area contributed by atoms with E-state index in [1.54, 1.807) is 40.2 Å². The van der Waals surface area contributed by atoms with Crippen molar-refractivity contribution in [1.29, 1.82) is 0 Å². The van der Waals surface area contributed by atoms with E-state index in [1.165, 1.54) is 55.1 Å². The van der Waals surface area contributed by atoms with Crippen molar-refractivity contribution in [1.82, 2.24) is 40.1 Å². The molecule has 1 atom stereocenters. The van der Waals surface area contributed by atoms with Gasteiger partial charge in [-0.05, 0) is 79.9 Å². The number of urea groups is 1. The third-order valence-electron chi connectivity index (χ3n) is 12.9. The molecule has 0 spiro atoms. The predicted molar refractivity (Wildman–Crippen MR) is 259 cm³/mol. The third kappa shape index (κ3) is 11.1. The molecule has 0 radical (unpaired) electrons. The van der Waals surface area contributed by atoms with E-state index in [1.807, 2.05) is 0 Å². The number of alkyl halides is 3. The molecule has 75 heavy (non-hydrogen) atoms. The lowest BCUT2D eigenvalue weighted by atomic mass is 10.0. The number of halogens is 4. The largest absolute Gasteiger partial charge is 0.573 e. The summed E-state index contributed by atoms with van der Waals surface area (Å²) < 4.78 is 77.1. The average Bonchev–Trinajstić information content (AvgIpc) is 3.69. The topological polar surface area (TPSA) is 245 Å². The summed E-state index contributed by atoms with van der Waals surface area (Å²) in [5, 5.41) is 9.32. The number of amides is 7. The number of carbonyl (C=O) groups excluding carboxylic acids is 6. The number of aromatic nitrogens is 3. The molecule has 4 N–H and O–H groups in total. The molecule has 9 rings (SSSR count). The second kappa shape index (κ2) is 20.9. The number of ether oxygens (including phenoxy) is 4. The van der Waals surface area contributed by atoms with Gasteiger partial charge in [-0.3, -0.25) is 39.5 Å². The van der Waals surface area contributed by atoms with Gasteiger partial charge in [0.1, 0.15) is 23.7 Å². The van der Waals surface area contributed by atoms with E-state index < -0.39 is 47.2 Å². The molecule has 4 aromatic carbocycles. The van der Waals surface area contributed by atoms with Crippen LogP contribution in [0.1, 0.15) is 57.7 Å². The minimum Gasteiger partial charge on any atom is -0.493 e. The van der Waals surface area contributed by atoms with Crippen LogP contribution in [-0.2, 0) is 28.0 Å². The maximum absolute atomic E-state index is 15.6. The molecule has 3 aliphatic rings. The summed E-state index contributed by atoms with van der Waals surface area (Å²) in [5.41, 5.74) is 3.80. The molecule has 0 bridgehead atoms. The van der Waals surface area contributed by atoms with Crippen LogP contribution < -0.4 is 45.8 Å². The predicted octanol–water partition coefficient (Wildman–Crippen LogP) is 5.68. The number of fused-ring (bicyclic) bond motifs is 3. The number of carbonyl (C=O) groups is 6. The van der Waals surface area contributed by atoms with Crippen molar-refractivity contribution in [3.8, 4) is 28.9 Å². The zero-order chi connectivity index (χ0) is 53.3. The number of anilines is 2. The summed E-state index contributed by atoms with van der Waals surface area (Å²) in [6.07, 6.45) is -2.90. The van der Waals surface area contributed by atoms with Crippen molar-refractivity contribution in [3.63, 3.8) is 0 Å². The van der Waals surface area contributed by atoms with Crippen molar-refractivity contribution in [2.75, 3.05) is 50.5 Å². The van der Waals surface area contributed by atoms with Gasteiger partial charge in [0.25, 0.3) is 11.8 Å². The van der Waals surface area contributed by atoms with E-state index in [9.17, 15) is 46.7 Å². The van der Waals surface area contributed by atoms with Gasteiger partial charge < -0.3 is 43.9 Å². The quantitative estimate of drug-likeness (QED) is 0.0583. The van der Waals surface area contributed by atoms with E-state index in [2.05, 4.69) is 36.1 Å². The lowest BCUT2D eigenvalue weighted by Crippen LogP contribution is -2.55. The molecule has 7 amide bonds. The van der Waals surface area contributed by atoms with Gasteiger partial charge in [0.2, 0.25) is 29.0 Å². The molecule has 2 aromatic heterocycles. The van der Waals surface area contributed by atoms with Crippen molar-refractivity contribution < 1.29 is 65.3 Å². The smallest absolute Gasteiger partial charge is 0.493 e. The van der Waals surface area contributed by atoms with Gasteiger partial charge in [0.05, 0.1) is 35.5 Å². The Morgan fingerprint density at radius 2 is 1.63 bits per heavy atom. The Kier molecular flexibility index (Phi) is 14.2. The fourth-order valence-corrected chi connectivity index (χ4v) is 9.04. The number of pyridine rings is 1. The number of aryl methyl sites for hydroxylation is 1. The summed E-state index contributed by atoms with van der Waals surface area (Å²) >= 11 is 0. The summed E-state index contributed by atoms with van der Waals surface area (Å²) in [4.78, 5) is 102. The van der Waals surface area contributed by atoms with Crippen LogP contribution in [0.15, 0.2) is 77.9 Å². The first kappa shape index (κ1) is 51.0. The highest BCUT2D eigenvalue weighted by atomic mass is 19.4. The second-order valence-corrected chi connectivity index (χ2v) is 17.6. The monoisotopic (exact) mass is 1040 g/mol. The van der Waals surface area contributed by atoms with Crippen LogP contribution in [0, 0.1) is 12.7 Å². The third-order valence-corrected chi connectivity index (χ3v) is 12.9. The number of rotatable bonds is 14. The average molecular weight is 1040 g/mol. The molecule has 3 aliphatic heterocycles. The number of methoxy groups -OCH3 is 1. The SMILES string of the molecule is COc1cc2c(Oc3ccc(NC(=O)c4c(C)n(C)c5ccc(OC(F)(F)F)cc5c4=O)cc3F)ncnc2cc1OCCCC(=O)N1CCN(NC(=O)Nc2ccc3c(c2)CN(C2CCC(=O)NC2=O)C3=O)CC1. The Morgan fingerprint density at radius 3 is 2.36 bits per heavy atom.